The fraction of sp³-hybridized carbons (Fsp3) is 0.154. The number of nitrogens with one attached hydrogen (secondary N) is 1. The third kappa shape index (κ3) is 2.93. The van der Waals surface area contributed by atoms with Crippen molar-refractivity contribution in [2.75, 3.05) is 6.54 Å². The number of amides is 1. The van der Waals surface area contributed by atoms with Gasteiger partial charge in [-0.25, -0.2) is 4.39 Å². The van der Waals surface area contributed by atoms with Crippen LogP contribution in [-0.2, 0) is 6.42 Å². The molecule has 3 nitrogen and oxygen atoms in total. The molecule has 17 heavy (non-hydrogen) atoms. The number of benzene rings is 1. The van der Waals surface area contributed by atoms with Crippen LogP contribution in [0.5, 0.6) is 0 Å². The Hall–Kier alpha value is -2.10. The summed E-state index contributed by atoms with van der Waals surface area (Å²) in [6, 6.07) is 9.75. The van der Waals surface area contributed by atoms with Gasteiger partial charge in [-0.3, -0.25) is 4.79 Å². The Bertz CT molecular complexity index is 494. The van der Waals surface area contributed by atoms with Gasteiger partial charge in [-0.05, 0) is 30.2 Å². The van der Waals surface area contributed by atoms with Gasteiger partial charge < -0.3 is 9.73 Å². The van der Waals surface area contributed by atoms with Crippen LogP contribution in [0.3, 0.4) is 0 Å². The van der Waals surface area contributed by atoms with Crippen molar-refractivity contribution in [2.24, 2.45) is 0 Å². The minimum atomic E-state index is -0.286. The Morgan fingerprint density at radius 3 is 2.76 bits per heavy atom. The maximum Gasteiger partial charge on any atom is 0.286 e. The average molecular weight is 233 g/mol. The molecule has 0 saturated carbocycles. The summed E-state index contributed by atoms with van der Waals surface area (Å²) in [5, 5.41) is 2.66. The molecule has 0 spiro atoms. The highest BCUT2D eigenvalue weighted by Gasteiger charge is 2.07. The number of halogens is 1. The van der Waals surface area contributed by atoms with E-state index in [-0.39, 0.29) is 17.5 Å². The molecule has 2 rings (SSSR count). The Balaban J connectivity index is 1.84. The molecule has 0 aliphatic rings. The van der Waals surface area contributed by atoms with Crippen LogP contribution < -0.4 is 5.32 Å². The normalized spacial score (nSPS) is 10.2. The zero-order valence-electron chi connectivity index (χ0n) is 9.15. The molecule has 1 N–H and O–H groups in total. The van der Waals surface area contributed by atoms with Crippen LogP contribution in [0.25, 0.3) is 0 Å². The van der Waals surface area contributed by atoms with Gasteiger partial charge in [0.1, 0.15) is 5.82 Å². The molecule has 0 aliphatic heterocycles. The second-order valence-corrected chi connectivity index (χ2v) is 3.57. The third-order valence-electron chi connectivity index (χ3n) is 2.38. The molecule has 1 heterocycles. The van der Waals surface area contributed by atoms with E-state index in [1.165, 1.54) is 12.3 Å². The molecular formula is C13H12FNO2. The zero-order valence-corrected chi connectivity index (χ0v) is 9.15. The van der Waals surface area contributed by atoms with Crippen LogP contribution in [0.15, 0.2) is 47.1 Å². The van der Waals surface area contributed by atoms with Crippen LogP contribution in [0.4, 0.5) is 4.39 Å². The summed E-state index contributed by atoms with van der Waals surface area (Å²) in [5.74, 6) is -0.273. The van der Waals surface area contributed by atoms with Crippen molar-refractivity contribution in [3.05, 3.63) is 59.8 Å². The summed E-state index contributed by atoms with van der Waals surface area (Å²) in [7, 11) is 0. The van der Waals surface area contributed by atoms with Crippen LogP contribution in [-0.4, -0.2) is 12.5 Å². The lowest BCUT2D eigenvalue weighted by atomic mass is 10.1. The first-order chi connectivity index (χ1) is 8.27. The largest absolute Gasteiger partial charge is 0.459 e. The highest BCUT2D eigenvalue weighted by molar-refractivity contribution is 5.91. The SMILES string of the molecule is O=C(NCCc1ccccc1F)c1ccco1. The maximum absolute atomic E-state index is 13.3. The van der Waals surface area contributed by atoms with Crippen molar-refractivity contribution in [1.82, 2.24) is 5.32 Å². The highest BCUT2D eigenvalue weighted by atomic mass is 19.1. The summed E-state index contributed by atoms with van der Waals surface area (Å²) in [6.07, 6.45) is 1.89. The molecule has 1 amide bonds. The summed E-state index contributed by atoms with van der Waals surface area (Å²) in [6.45, 7) is 0.375. The van der Waals surface area contributed by atoms with Gasteiger partial charge >= 0.3 is 0 Å². The average Bonchev–Trinajstić information content (AvgIpc) is 2.85. The topological polar surface area (TPSA) is 42.2 Å². The van der Waals surface area contributed by atoms with Gasteiger partial charge in [-0.2, -0.15) is 0 Å². The lowest BCUT2D eigenvalue weighted by Crippen LogP contribution is -2.25. The van der Waals surface area contributed by atoms with E-state index >= 15 is 0 Å². The van der Waals surface area contributed by atoms with Gasteiger partial charge in [0.2, 0.25) is 0 Å². The maximum atomic E-state index is 13.3. The van der Waals surface area contributed by atoms with E-state index < -0.39 is 0 Å². The summed E-state index contributed by atoms with van der Waals surface area (Å²) < 4.78 is 18.2. The van der Waals surface area contributed by atoms with Crippen molar-refractivity contribution in [3.8, 4) is 0 Å². The predicted molar refractivity (Wildman–Crippen MR) is 61.1 cm³/mol. The molecule has 0 bridgehead atoms. The molecule has 1 aromatic carbocycles. The third-order valence-corrected chi connectivity index (χ3v) is 2.38. The fourth-order valence-corrected chi connectivity index (χ4v) is 1.51. The smallest absolute Gasteiger partial charge is 0.286 e. The van der Waals surface area contributed by atoms with Crippen molar-refractivity contribution >= 4 is 5.91 Å². The molecule has 0 aliphatic carbocycles. The number of carbonyl (C=O) groups excluding carboxylic acids is 1. The number of furan rings is 1. The lowest BCUT2D eigenvalue weighted by molar-refractivity contribution is 0.0926. The second kappa shape index (κ2) is 5.30. The molecule has 4 heteroatoms. The Morgan fingerprint density at radius 2 is 2.06 bits per heavy atom. The van der Waals surface area contributed by atoms with Gasteiger partial charge in [0.05, 0.1) is 6.26 Å². The van der Waals surface area contributed by atoms with Crippen molar-refractivity contribution in [2.45, 2.75) is 6.42 Å². The van der Waals surface area contributed by atoms with E-state index in [4.69, 9.17) is 4.42 Å². The van der Waals surface area contributed by atoms with Crippen LogP contribution in [0.2, 0.25) is 0 Å². The quantitative estimate of drug-likeness (QED) is 0.881. The second-order valence-electron chi connectivity index (χ2n) is 3.57. The van der Waals surface area contributed by atoms with E-state index in [9.17, 15) is 9.18 Å². The zero-order chi connectivity index (χ0) is 12.1. The van der Waals surface area contributed by atoms with Gasteiger partial charge in [0.15, 0.2) is 5.76 Å². The molecule has 88 valence electrons. The highest BCUT2D eigenvalue weighted by Crippen LogP contribution is 2.06. The molecule has 1 aromatic heterocycles. The van der Waals surface area contributed by atoms with E-state index in [1.807, 2.05) is 0 Å². The van der Waals surface area contributed by atoms with E-state index in [0.717, 1.165) is 0 Å². The monoisotopic (exact) mass is 233 g/mol. The molecule has 0 saturated heterocycles. The Morgan fingerprint density at radius 1 is 1.24 bits per heavy atom. The molecule has 2 aromatic rings. The summed E-state index contributed by atoms with van der Waals surface area (Å²) >= 11 is 0. The molecule has 0 unspecified atom stereocenters. The summed E-state index contributed by atoms with van der Waals surface area (Å²) in [5.41, 5.74) is 0.590. The van der Waals surface area contributed by atoms with Gasteiger partial charge in [-0.1, -0.05) is 18.2 Å². The fourth-order valence-electron chi connectivity index (χ4n) is 1.51. The predicted octanol–water partition coefficient (Wildman–Crippen LogP) is 2.39. The minimum Gasteiger partial charge on any atom is -0.459 e. The molecular weight excluding hydrogens is 221 g/mol. The Labute approximate surface area is 98.3 Å². The van der Waals surface area contributed by atoms with Crippen molar-refractivity contribution < 1.29 is 13.6 Å². The molecule has 0 radical (unpaired) electrons. The van der Waals surface area contributed by atoms with E-state index in [1.54, 1.807) is 30.3 Å². The van der Waals surface area contributed by atoms with Crippen molar-refractivity contribution in [1.29, 1.82) is 0 Å². The number of carbonyl (C=O) groups is 1. The van der Waals surface area contributed by atoms with Crippen LogP contribution in [0, 0.1) is 5.82 Å². The summed E-state index contributed by atoms with van der Waals surface area (Å²) in [4.78, 5) is 11.5. The first kappa shape index (κ1) is 11.4. The Kier molecular flexibility index (Phi) is 3.55. The number of rotatable bonds is 4. The number of hydrogen-bond donors (Lipinski definition) is 1. The standard InChI is InChI=1S/C13H12FNO2/c14-11-5-2-1-4-10(11)7-8-15-13(16)12-6-3-9-17-12/h1-6,9H,7-8H2,(H,15,16). The van der Waals surface area contributed by atoms with Gasteiger partial charge in [-0.15, -0.1) is 0 Å². The van der Waals surface area contributed by atoms with E-state index in [0.29, 0.717) is 18.5 Å². The van der Waals surface area contributed by atoms with Crippen LogP contribution in [0.1, 0.15) is 16.1 Å². The van der Waals surface area contributed by atoms with E-state index in [2.05, 4.69) is 5.32 Å². The molecule has 0 fully saturated rings. The minimum absolute atomic E-state index is 0.250. The first-order valence-electron chi connectivity index (χ1n) is 5.32. The van der Waals surface area contributed by atoms with Gasteiger partial charge in [0, 0.05) is 6.54 Å². The number of hydrogen-bond acceptors (Lipinski definition) is 2. The van der Waals surface area contributed by atoms with Gasteiger partial charge in [0.25, 0.3) is 5.91 Å². The molecule has 0 atom stereocenters. The van der Waals surface area contributed by atoms with Crippen molar-refractivity contribution in [3.63, 3.8) is 0 Å². The lowest BCUT2D eigenvalue weighted by Gasteiger charge is -2.04. The first-order valence-corrected chi connectivity index (χ1v) is 5.32. The van der Waals surface area contributed by atoms with Crippen LogP contribution >= 0.6 is 0 Å².